The van der Waals surface area contributed by atoms with Gasteiger partial charge in [0.25, 0.3) is 0 Å². The monoisotopic (exact) mass is 204 g/mol. The van der Waals surface area contributed by atoms with E-state index in [0.717, 1.165) is 5.69 Å². The molecule has 1 heterocycles. The van der Waals surface area contributed by atoms with Gasteiger partial charge in [-0.3, -0.25) is 5.01 Å². The molecule has 0 bridgehead atoms. The lowest BCUT2D eigenvalue weighted by Crippen LogP contribution is -2.28. The number of hydrogen-bond donors (Lipinski definition) is 1. The number of carbonyl (C=O) groups is 1. The Morgan fingerprint density at radius 2 is 2.13 bits per heavy atom. The van der Waals surface area contributed by atoms with E-state index < -0.39 is 0 Å². The largest absolute Gasteiger partial charge is 0.466 e. The van der Waals surface area contributed by atoms with Crippen molar-refractivity contribution in [3.63, 3.8) is 0 Å². The van der Waals surface area contributed by atoms with Crippen molar-refractivity contribution >= 4 is 11.7 Å². The van der Waals surface area contributed by atoms with Crippen LogP contribution < -0.4 is 10.4 Å². The molecule has 0 atom stereocenters. The van der Waals surface area contributed by atoms with E-state index in [2.05, 4.69) is 10.2 Å². The Kier molecular flexibility index (Phi) is 2.69. The zero-order valence-electron chi connectivity index (χ0n) is 8.43. The molecule has 0 amide bonds. The minimum absolute atomic E-state index is 0.291. The summed E-state index contributed by atoms with van der Waals surface area (Å²) in [6.07, 6.45) is 1.75. The fourth-order valence-corrected chi connectivity index (χ4v) is 1.43. The molecule has 0 radical (unpaired) electrons. The molecule has 78 valence electrons. The fraction of sp³-hybridized carbons (Fsp3) is 0.182. The zero-order chi connectivity index (χ0) is 10.7. The van der Waals surface area contributed by atoms with Crippen molar-refractivity contribution in [2.75, 3.05) is 18.7 Å². The van der Waals surface area contributed by atoms with Gasteiger partial charge >= 0.3 is 5.97 Å². The number of hydrazine groups is 1. The highest BCUT2D eigenvalue weighted by Gasteiger charge is 2.18. The van der Waals surface area contributed by atoms with Crippen molar-refractivity contribution in [1.82, 2.24) is 5.43 Å². The van der Waals surface area contributed by atoms with Gasteiger partial charge in [-0.25, -0.2) is 10.2 Å². The van der Waals surface area contributed by atoms with Gasteiger partial charge in [0, 0.05) is 12.7 Å². The number of nitrogens with one attached hydrogen (secondary N) is 1. The third kappa shape index (κ3) is 1.99. The van der Waals surface area contributed by atoms with Crippen molar-refractivity contribution < 1.29 is 9.53 Å². The number of methoxy groups -OCH3 is 1. The molecule has 1 aromatic carbocycles. The van der Waals surface area contributed by atoms with Crippen LogP contribution in [0.3, 0.4) is 0 Å². The van der Waals surface area contributed by atoms with Crippen molar-refractivity contribution in [2.45, 2.75) is 0 Å². The number of benzene rings is 1. The molecule has 0 spiro atoms. The average molecular weight is 204 g/mol. The molecule has 2 rings (SSSR count). The first-order valence-corrected chi connectivity index (χ1v) is 4.68. The lowest BCUT2D eigenvalue weighted by atomic mass is 10.3. The van der Waals surface area contributed by atoms with Crippen molar-refractivity contribution in [3.05, 3.63) is 42.1 Å². The molecule has 0 saturated heterocycles. The summed E-state index contributed by atoms with van der Waals surface area (Å²) in [7, 11) is 1.38. The van der Waals surface area contributed by atoms with Gasteiger partial charge in [-0.05, 0) is 12.1 Å². The molecule has 4 nitrogen and oxygen atoms in total. The Balaban J connectivity index is 2.16. The van der Waals surface area contributed by atoms with Crippen LogP contribution in [0.2, 0.25) is 0 Å². The summed E-state index contributed by atoms with van der Waals surface area (Å²) < 4.78 is 4.64. The lowest BCUT2D eigenvalue weighted by Gasteiger charge is -2.14. The topological polar surface area (TPSA) is 41.6 Å². The van der Waals surface area contributed by atoms with Gasteiger partial charge in [0.2, 0.25) is 0 Å². The highest BCUT2D eigenvalue weighted by molar-refractivity contribution is 5.90. The van der Waals surface area contributed by atoms with Crippen LogP contribution in [0.5, 0.6) is 0 Å². The number of ether oxygens (including phenoxy) is 1. The Morgan fingerprint density at radius 1 is 1.40 bits per heavy atom. The van der Waals surface area contributed by atoms with Crippen LogP contribution in [0.1, 0.15) is 0 Å². The summed E-state index contributed by atoms with van der Waals surface area (Å²) in [6.45, 7) is 0.502. The van der Waals surface area contributed by atoms with E-state index in [-0.39, 0.29) is 5.97 Å². The first kappa shape index (κ1) is 9.73. The molecule has 0 saturated carbocycles. The maximum atomic E-state index is 11.2. The minimum atomic E-state index is -0.291. The van der Waals surface area contributed by atoms with E-state index in [1.54, 1.807) is 6.20 Å². The van der Waals surface area contributed by atoms with Gasteiger partial charge in [0.1, 0.15) is 0 Å². The number of rotatable bonds is 2. The van der Waals surface area contributed by atoms with Crippen molar-refractivity contribution in [2.24, 2.45) is 0 Å². The van der Waals surface area contributed by atoms with E-state index in [9.17, 15) is 4.79 Å². The lowest BCUT2D eigenvalue weighted by molar-refractivity contribution is -0.136. The Hall–Kier alpha value is -1.81. The first-order valence-electron chi connectivity index (χ1n) is 4.68. The third-order valence-corrected chi connectivity index (χ3v) is 2.21. The predicted octanol–water partition coefficient (Wildman–Crippen LogP) is 1.07. The van der Waals surface area contributed by atoms with Crippen molar-refractivity contribution in [3.8, 4) is 0 Å². The summed E-state index contributed by atoms with van der Waals surface area (Å²) in [6, 6.07) is 9.76. The Labute approximate surface area is 88.1 Å². The second-order valence-electron chi connectivity index (χ2n) is 3.19. The molecule has 4 heteroatoms. The van der Waals surface area contributed by atoms with Crippen LogP contribution >= 0.6 is 0 Å². The second-order valence-corrected chi connectivity index (χ2v) is 3.19. The number of carbonyl (C=O) groups excluding carboxylic acids is 1. The number of esters is 1. The fourth-order valence-electron chi connectivity index (χ4n) is 1.43. The molecule has 1 aliphatic rings. The molecular weight excluding hydrogens is 192 g/mol. The average Bonchev–Trinajstić information content (AvgIpc) is 2.78. The highest BCUT2D eigenvalue weighted by Crippen LogP contribution is 2.16. The van der Waals surface area contributed by atoms with E-state index in [1.165, 1.54) is 7.11 Å². The normalized spacial score (nSPS) is 15.0. The van der Waals surface area contributed by atoms with Crippen LogP contribution in [0.15, 0.2) is 42.1 Å². The van der Waals surface area contributed by atoms with Crippen LogP contribution in [0.4, 0.5) is 5.69 Å². The molecule has 0 fully saturated rings. The van der Waals surface area contributed by atoms with E-state index >= 15 is 0 Å². The van der Waals surface area contributed by atoms with E-state index in [4.69, 9.17) is 0 Å². The van der Waals surface area contributed by atoms with Gasteiger partial charge < -0.3 is 4.74 Å². The number of nitrogens with zero attached hydrogens (tertiary/aromatic N) is 1. The third-order valence-electron chi connectivity index (χ3n) is 2.21. The summed E-state index contributed by atoms with van der Waals surface area (Å²) in [4.78, 5) is 11.2. The first-order chi connectivity index (χ1) is 7.31. The van der Waals surface area contributed by atoms with Crippen molar-refractivity contribution in [1.29, 1.82) is 0 Å². The Bertz CT molecular complexity index is 387. The molecule has 1 aromatic rings. The van der Waals surface area contributed by atoms with Crippen LogP contribution in [0.25, 0.3) is 0 Å². The van der Waals surface area contributed by atoms with E-state index in [0.29, 0.717) is 12.1 Å². The van der Waals surface area contributed by atoms with Gasteiger partial charge in [-0.2, -0.15) is 0 Å². The summed E-state index contributed by atoms with van der Waals surface area (Å²) >= 11 is 0. The van der Waals surface area contributed by atoms with Crippen LogP contribution in [-0.4, -0.2) is 19.6 Å². The minimum Gasteiger partial charge on any atom is -0.466 e. The summed E-state index contributed by atoms with van der Waals surface area (Å²) in [5.74, 6) is -0.291. The molecule has 1 N–H and O–H groups in total. The maximum absolute atomic E-state index is 11.2. The molecule has 0 unspecified atom stereocenters. The Morgan fingerprint density at radius 3 is 2.80 bits per heavy atom. The number of anilines is 1. The molecule has 15 heavy (non-hydrogen) atoms. The standard InChI is InChI=1S/C11H12N2O2/c1-15-11(14)9-7-12-13(8-9)10-5-3-2-4-6-10/h2-6,8,12H,7H2,1H3. The molecule has 1 aliphatic heterocycles. The molecular formula is C11H12N2O2. The quantitative estimate of drug-likeness (QED) is 0.732. The van der Waals surface area contributed by atoms with E-state index in [1.807, 2.05) is 35.3 Å². The molecule has 0 aliphatic carbocycles. The highest BCUT2D eigenvalue weighted by atomic mass is 16.5. The zero-order valence-corrected chi connectivity index (χ0v) is 8.43. The van der Waals surface area contributed by atoms with Gasteiger partial charge in [0.05, 0.1) is 18.4 Å². The van der Waals surface area contributed by atoms with Gasteiger partial charge in [-0.15, -0.1) is 0 Å². The van der Waals surface area contributed by atoms with Gasteiger partial charge in [-0.1, -0.05) is 18.2 Å². The molecule has 0 aromatic heterocycles. The summed E-state index contributed by atoms with van der Waals surface area (Å²) in [5.41, 5.74) is 4.70. The van der Waals surface area contributed by atoms with Gasteiger partial charge in [0.15, 0.2) is 0 Å². The number of para-hydroxylation sites is 1. The van der Waals surface area contributed by atoms with Crippen LogP contribution in [-0.2, 0) is 9.53 Å². The smallest absolute Gasteiger partial charge is 0.336 e. The number of hydrogen-bond acceptors (Lipinski definition) is 4. The SMILES string of the molecule is COC(=O)C1=CN(c2ccccc2)NC1. The predicted molar refractivity (Wildman–Crippen MR) is 57.0 cm³/mol. The van der Waals surface area contributed by atoms with Crippen LogP contribution in [0, 0.1) is 0 Å². The summed E-state index contributed by atoms with van der Waals surface area (Å²) in [5, 5.41) is 1.81. The second kappa shape index (κ2) is 4.14. The maximum Gasteiger partial charge on any atom is 0.336 e.